The molecule has 1 heterocycles. The summed E-state index contributed by atoms with van der Waals surface area (Å²) in [5, 5.41) is 9.00. The summed E-state index contributed by atoms with van der Waals surface area (Å²) in [7, 11) is 0. The first kappa shape index (κ1) is 14.9. The topological polar surface area (TPSA) is 43.8 Å². The Labute approximate surface area is 118 Å². The lowest BCUT2D eigenvalue weighted by Gasteiger charge is -2.36. The zero-order chi connectivity index (χ0) is 14.7. The second-order valence-corrected chi connectivity index (χ2v) is 5.41. The van der Waals surface area contributed by atoms with Crippen LogP contribution >= 0.6 is 0 Å². The summed E-state index contributed by atoms with van der Waals surface area (Å²) >= 11 is 0. The van der Waals surface area contributed by atoms with Crippen molar-refractivity contribution in [3.8, 4) is 0 Å². The third-order valence-electron chi connectivity index (χ3n) is 3.94. The SMILES string of the molecule is Cc1cc(CN2CCN(C(C)C(=O)O)CC2)ccc1F. The van der Waals surface area contributed by atoms with Crippen molar-refractivity contribution >= 4 is 5.97 Å². The number of hydrogen-bond donors (Lipinski definition) is 1. The predicted molar refractivity (Wildman–Crippen MR) is 75.1 cm³/mol. The lowest BCUT2D eigenvalue weighted by Crippen LogP contribution is -2.51. The van der Waals surface area contributed by atoms with Gasteiger partial charge in [-0.2, -0.15) is 0 Å². The summed E-state index contributed by atoms with van der Waals surface area (Å²) < 4.78 is 13.2. The van der Waals surface area contributed by atoms with E-state index in [-0.39, 0.29) is 5.82 Å². The molecule has 2 rings (SSSR count). The number of rotatable bonds is 4. The molecule has 0 saturated carbocycles. The van der Waals surface area contributed by atoms with Gasteiger partial charge in [0.15, 0.2) is 0 Å². The van der Waals surface area contributed by atoms with Gasteiger partial charge in [0.2, 0.25) is 0 Å². The summed E-state index contributed by atoms with van der Waals surface area (Å²) in [6, 6.07) is 4.77. The second-order valence-electron chi connectivity index (χ2n) is 5.41. The summed E-state index contributed by atoms with van der Waals surface area (Å²) in [4.78, 5) is 15.2. The summed E-state index contributed by atoms with van der Waals surface area (Å²) in [6.07, 6.45) is 0. The minimum absolute atomic E-state index is 0.172. The van der Waals surface area contributed by atoms with Crippen molar-refractivity contribution in [2.45, 2.75) is 26.4 Å². The Bertz CT molecular complexity index is 485. The van der Waals surface area contributed by atoms with E-state index in [4.69, 9.17) is 5.11 Å². The molecule has 0 radical (unpaired) electrons. The van der Waals surface area contributed by atoms with Crippen LogP contribution in [0.25, 0.3) is 0 Å². The number of aryl methyl sites for hydroxylation is 1. The van der Waals surface area contributed by atoms with Crippen molar-refractivity contribution in [3.05, 3.63) is 35.1 Å². The number of carboxylic acid groups (broad SMARTS) is 1. The first-order valence-electron chi connectivity index (χ1n) is 6.91. The molecule has 5 heteroatoms. The molecule has 1 saturated heterocycles. The highest BCUT2D eigenvalue weighted by Gasteiger charge is 2.24. The molecule has 1 unspecified atom stereocenters. The first-order chi connectivity index (χ1) is 9.47. The number of aliphatic carboxylic acids is 1. The summed E-state index contributed by atoms with van der Waals surface area (Å²) in [6.45, 7) is 7.48. The highest BCUT2D eigenvalue weighted by atomic mass is 19.1. The van der Waals surface area contributed by atoms with Crippen LogP contribution in [0.2, 0.25) is 0 Å². The van der Waals surface area contributed by atoms with E-state index < -0.39 is 12.0 Å². The number of halogens is 1. The molecule has 1 fully saturated rings. The second kappa shape index (κ2) is 6.33. The number of piperazine rings is 1. The molecule has 1 aromatic rings. The average molecular weight is 280 g/mol. The lowest BCUT2D eigenvalue weighted by molar-refractivity contribution is -0.143. The molecule has 0 aromatic heterocycles. The highest BCUT2D eigenvalue weighted by Crippen LogP contribution is 2.14. The molecule has 0 bridgehead atoms. The van der Waals surface area contributed by atoms with E-state index in [1.54, 1.807) is 13.8 Å². The van der Waals surface area contributed by atoms with Gasteiger partial charge in [0.25, 0.3) is 0 Å². The fraction of sp³-hybridized carbons (Fsp3) is 0.533. The van der Waals surface area contributed by atoms with Crippen LogP contribution in [0.5, 0.6) is 0 Å². The zero-order valence-corrected chi connectivity index (χ0v) is 12.0. The van der Waals surface area contributed by atoms with Gasteiger partial charge in [-0.05, 0) is 31.0 Å². The maximum atomic E-state index is 13.2. The Balaban J connectivity index is 1.88. The van der Waals surface area contributed by atoms with Crippen LogP contribution in [0, 0.1) is 12.7 Å². The van der Waals surface area contributed by atoms with Gasteiger partial charge in [-0.15, -0.1) is 0 Å². The monoisotopic (exact) mass is 280 g/mol. The molecular weight excluding hydrogens is 259 g/mol. The molecule has 1 aromatic carbocycles. The number of benzene rings is 1. The third kappa shape index (κ3) is 3.55. The molecule has 1 aliphatic heterocycles. The van der Waals surface area contributed by atoms with Crippen molar-refractivity contribution < 1.29 is 14.3 Å². The van der Waals surface area contributed by atoms with E-state index in [1.807, 2.05) is 17.0 Å². The molecule has 1 aliphatic rings. The van der Waals surface area contributed by atoms with Crippen molar-refractivity contribution in [1.82, 2.24) is 9.80 Å². The Morgan fingerprint density at radius 1 is 1.35 bits per heavy atom. The van der Waals surface area contributed by atoms with Gasteiger partial charge in [0.05, 0.1) is 0 Å². The fourth-order valence-corrected chi connectivity index (χ4v) is 2.53. The molecule has 20 heavy (non-hydrogen) atoms. The standard InChI is InChI=1S/C15H21FN2O2/c1-11-9-13(3-4-14(11)16)10-17-5-7-18(8-6-17)12(2)15(19)20/h3-4,9,12H,5-8,10H2,1-2H3,(H,19,20). The van der Waals surface area contributed by atoms with Gasteiger partial charge in [-0.25, -0.2) is 4.39 Å². The van der Waals surface area contributed by atoms with Crippen LogP contribution in [-0.4, -0.2) is 53.1 Å². The van der Waals surface area contributed by atoms with Crippen molar-refractivity contribution in [2.75, 3.05) is 26.2 Å². The summed E-state index contributed by atoms with van der Waals surface area (Å²) in [5.74, 6) is -0.943. The third-order valence-corrected chi connectivity index (χ3v) is 3.94. The average Bonchev–Trinajstić information content (AvgIpc) is 2.43. The number of hydrogen-bond acceptors (Lipinski definition) is 3. The van der Waals surface area contributed by atoms with Gasteiger partial charge >= 0.3 is 5.97 Å². The number of nitrogens with zero attached hydrogens (tertiary/aromatic N) is 2. The van der Waals surface area contributed by atoms with Crippen LogP contribution in [0.1, 0.15) is 18.1 Å². The van der Waals surface area contributed by atoms with E-state index in [0.717, 1.165) is 38.3 Å². The van der Waals surface area contributed by atoms with Gasteiger partial charge in [-0.1, -0.05) is 12.1 Å². The Hall–Kier alpha value is -1.46. The van der Waals surface area contributed by atoms with Crippen LogP contribution in [0.15, 0.2) is 18.2 Å². The maximum Gasteiger partial charge on any atom is 0.320 e. The Kier molecular flexibility index (Phi) is 4.73. The van der Waals surface area contributed by atoms with Crippen LogP contribution in [-0.2, 0) is 11.3 Å². The Morgan fingerprint density at radius 2 is 2.00 bits per heavy atom. The normalized spacial score (nSPS) is 18.9. The molecule has 0 amide bonds. The Morgan fingerprint density at radius 3 is 2.55 bits per heavy atom. The van der Waals surface area contributed by atoms with Gasteiger partial charge in [0, 0.05) is 32.7 Å². The molecule has 110 valence electrons. The van der Waals surface area contributed by atoms with E-state index in [9.17, 15) is 9.18 Å². The molecule has 0 spiro atoms. The first-order valence-corrected chi connectivity index (χ1v) is 6.91. The molecular formula is C15H21FN2O2. The van der Waals surface area contributed by atoms with E-state index in [2.05, 4.69) is 4.90 Å². The van der Waals surface area contributed by atoms with Crippen molar-refractivity contribution in [1.29, 1.82) is 0 Å². The van der Waals surface area contributed by atoms with Crippen LogP contribution < -0.4 is 0 Å². The quantitative estimate of drug-likeness (QED) is 0.912. The van der Waals surface area contributed by atoms with Gasteiger partial charge in [0.1, 0.15) is 11.9 Å². The smallest absolute Gasteiger partial charge is 0.320 e. The van der Waals surface area contributed by atoms with E-state index in [1.165, 1.54) is 6.07 Å². The molecule has 1 N–H and O–H groups in total. The van der Waals surface area contributed by atoms with Crippen LogP contribution in [0.4, 0.5) is 4.39 Å². The van der Waals surface area contributed by atoms with Gasteiger partial charge in [-0.3, -0.25) is 14.6 Å². The lowest BCUT2D eigenvalue weighted by atomic mass is 10.1. The molecule has 0 aliphatic carbocycles. The minimum atomic E-state index is -0.771. The van der Waals surface area contributed by atoms with E-state index in [0.29, 0.717) is 5.56 Å². The van der Waals surface area contributed by atoms with Crippen LogP contribution in [0.3, 0.4) is 0 Å². The number of carbonyl (C=O) groups is 1. The largest absolute Gasteiger partial charge is 0.480 e. The van der Waals surface area contributed by atoms with Gasteiger partial charge < -0.3 is 5.11 Å². The maximum absolute atomic E-state index is 13.2. The zero-order valence-electron chi connectivity index (χ0n) is 12.0. The summed E-state index contributed by atoms with van der Waals surface area (Å²) in [5.41, 5.74) is 1.77. The highest BCUT2D eigenvalue weighted by molar-refractivity contribution is 5.72. The molecule has 1 atom stereocenters. The van der Waals surface area contributed by atoms with E-state index >= 15 is 0 Å². The number of carboxylic acids is 1. The molecule has 4 nitrogen and oxygen atoms in total. The van der Waals surface area contributed by atoms with Crippen molar-refractivity contribution in [3.63, 3.8) is 0 Å². The van der Waals surface area contributed by atoms with Crippen molar-refractivity contribution in [2.24, 2.45) is 0 Å². The predicted octanol–water partition coefficient (Wildman–Crippen LogP) is 1.72. The fourth-order valence-electron chi connectivity index (χ4n) is 2.53. The minimum Gasteiger partial charge on any atom is -0.480 e.